The van der Waals surface area contributed by atoms with E-state index in [9.17, 15) is 18.8 Å². The Hall–Kier alpha value is -3.46. The molecule has 154 valence electrons. The predicted molar refractivity (Wildman–Crippen MR) is 95.8 cm³/mol. The van der Waals surface area contributed by atoms with Gasteiger partial charge in [-0.3, -0.25) is 14.2 Å². The number of ether oxygens (including phenoxy) is 3. The highest BCUT2D eigenvalue weighted by Gasteiger charge is 2.51. The number of terminal acetylenes is 1. The molecule has 0 bridgehead atoms. The van der Waals surface area contributed by atoms with Crippen LogP contribution in [0.3, 0.4) is 0 Å². The van der Waals surface area contributed by atoms with Gasteiger partial charge in [-0.15, -0.1) is 6.42 Å². The van der Waals surface area contributed by atoms with Gasteiger partial charge in [-0.25, -0.2) is 18.7 Å². The summed E-state index contributed by atoms with van der Waals surface area (Å²) in [7, 11) is 0. The number of hydrogen-bond acceptors (Lipinski definition) is 9. The molecule has 29 heavy (non-hydrogen) atoms. The van der Waals surface area contributed by atoms with Crippen molar-refractivity contribution in [1.29, 1.82) is 0 Å². The number of halogens is 1. The Morgan fingerprint density at radius 2 is 2.17 bits per heavy atom. The molecule has 1 saturated heterocycles. The Morgan fingerprint density at radius 1 is 1.45 bits per heavy atom. The molecule has 0 aliphatic carbocycles. The lowest BCUT2D eigenvalue weighted by atomic mass is 10.2. The van der Waals surface area contributed by atoms with Gasteiger partial charge in [-0.05, 0) is 0 Å². The molecule has 2 N–H and O–H groups in total. The summed E-state index contributed by atoms with van der Waals surface area (Å²) in [4.78, 5) is 43.9. The van der Waals surface area contributed by atoms with Crippen molar-refractivity contribution in [3.05, 3.63) is 16.7 Å². The van der Waals surface area contributed by atoms with Gasteiger partial charge in [0.2, 0.25) is 18.4 Å². The number of alkyl halides is 1. The summed E-state index contributed by atoms with van der Waals surface area (Å²) in [5.74, 6) is 0.623. The molecule has 0 unspecified atom stereocenters. The van der Waals surface area contributed by atoms with E-state index in [2.05, 4.69) is 15.9 Å². The zero-order valence-electron chi connectivity index (χ0n) is 15.6. The highest BCUT2D eigenvalue weighted by Crippen LogP contribution is 2.35. The van der Waals surface area contributed by atoms with Gasteiger partial charge in [0.25, 0.3) is 0 Å². The van der Waals surface area contributed by atoms with Crippen LogP contribution in [0, 0.1) is 12.3 Å². The first kappa shape index (κ1) is 20.3. The highest BCUT2D eigenvalue weighted by atomic mass is 19.1. The van der Waals surface area contributed by atoms with Gasteiger partial charge in [0.05, 0.1) is 12.7 Å². The number of nitrogens with two attached hydrogens (primary N) is 1. The molecule has 3 rings (SSSR count). The molecule has 1 aliphatic heterocycles. The Labute approximate surface area is 163 Å². The zero-order chi connectivity index (χ0) is 21.3. The number of aromatic nitrogens is 4. The monoisotopic (exact) mass is 407 g/mol. The first-order valence-electron chi connectivity index (χ1n) is 8.61. The number of esters is 2. The molecule has 11 nitrogen and oxygen atoms in total. The van der Waals surface area contributed by atoms with Crippen molar-refractivity contribution in [2.24, 2.45) is 0 Å². The molecule has 0 amide bonds. The van der Waals surface area contributed by atoms with Gasteiger partial charge in [0.15, 0.2) is 18.0 Å². The molecule has 1 fully saturated rings. The van der Waals surface area contributed by atoms with Crippen LogP contribution in [0.5, 0.6) is 0 Å². The van der Waals surface area contributed by atoms with Gasteiger partial charge in [-0.1, -0.05) is 12.8 Å². The van der Waals surface area contributed by atoms with Crippen LogP contribution in [0.25, 0.3) is 11.2 Å². The van der Waals surface area contributed by atoms with E-state index in [4.69, 9.17) is 26.4 Å². The van der Waals surface area contributed by atoms with E-state index in [0.29, 0.717) is 0 Å². The fourth-order valence-electron chi connectivity index (χ4n) is 2.97. The van der Waals surface area contributed by atoms with Crippen LogP contribution in [-0.2, 0) is 30.3 Å². The lowest BCUT2D eigenvalue weighted by molar-refractivity contribution is -0.188. The summed E-state index contributed by atoms with van der Waals surface area (Å²) in [5.41, 5.74) is 5.12. The minimum Gasteiger partial charge on any atom is -0.454 e. The van der Waals surface area contributed by atoms with E-state index in [1.807, 2.05) is 0 Å². The zero-order valence-corrected chi connectivity index (χ0v) is 15.6. The quantitative estimate of drug-likeness (QED) is 0.531. The van der Waals surface area contributed by atoms with Crippen molar-refractivity contribution in [3.63, 3.8) is 0 Å². The molecule has 0 radical (unpaired) electrons. The molecular formula is C17H18FN5O6. The largest absolute Gasteiger partial charge is 0.454 e. The summed E-state index contributed by atoms with van der Waals surface area (Å²) >= 11 is 0. The average molecular weight is 407 g/mol. The van der Waals surface area contributed by atoms with E-state index in [-0.39, 0.29) is 30.1 Å². The van der Waals surface area contributed by atoms with Crippen molar-refractivity contribution >= 4 is 29.1 Å². The first-order valence-corrected chi connectivity index (χ1v) is 8.61. The summed E-state index contributed by atoms with van der Waals surface area (Å²) in [5, 5.41) is 0. The second-order valence-electron chi connectivity index (χ2n) is 6.14. The first-order chi connectivity index (χ1) is 13.8. The van der Waals surface area contributed by atoms with Crippen molar-refractivity contribution < 1.29 is 28.2 Å². The van der Waals surface area contributed by atoms with Gasteiger partial charge in [-0.2, -0.15) is 4.98 Å². The number of hydrogen-bond donors (Lipinski definition) is 1. The van der Waals surface area contributed by atoms with E-state index < -0.39 is 42.4 Å². The minimum absolute atomic E-state index is 0.00503. The number of imidazole rings is 1. The standard InChI is InChI=1S/C17H18FN5O6/c1-4-6-22-9-7-20-16(19)21-13(9)23(17(22)26)14-12(27-8(3)24)11(18)15(29-14)28-10(25)5-2/h1,7,11-12,14-15H,5-6H2,2-3H3,(H2,19,20,21)/t11-,12-,14-,15+/m1/s1. The maximum atomic E-state index is 14.9. The van der Waals surface area contributed by atoms with Crippen LogP contribution in [0.15, 0.2) is 11.0 Å². The molecule has 0 aromatic carbocycles. The fraction of sp³-hybridized carbons (Fsp3) is 0.471. The Balaban J connectivity index is 2.15. The van der Waals surface area contributed by atoms with Crippen molar-refractivity contribution in [2.45, 2.75) is 51.6 Å². The van der Waals surface area contributed by atoms with E-state index in [0.717, 1.165) is 16.1 Å². The van der Waals surface area contributed by atoms with Crippen molar-refractivity contribution in [2.75, 3.05) is 5.73 Å². The molecule has 1 aliphatic rings. The Kier molecular flexibility index (Phi) is 5.51. The molecule has 12 heteroatoms. The molecule has 2 aromatic heterocycles. The second-order valence-corrected chi connectivity index (χ2v) is 6.14. The maximum Gasteiger partial charge on any atom is 0.333 e. The Bertz CT molecular complexity index is 1060. The molecular weight excluding hydrogens is 389 g/mol. The SMILES string of the molecule is C#CCn1c(=O)n([C@@H]2O[C@H](OC(=O)CC)[C@H](F)[C@H]2OC(C)=O)c2nc(N)ncc21. The number of fused-ring (bicyclic) bond motifs is 1. The van der Waals surface area contributed by atoms with Crippen LogP contribution < -0.4 is 11.4 Å². The molecule has 3 heterocycles. The van der Waals surface area contributed by atoms with E-state index in [1.54, 1.807) is 0 Å². The van der Waals surface area contributed by atoms with Crippen LogP contribution >= 0.6 is 0 Å². The van der Waals surface area contributed by atoms with Crippen LogP contribution in [-0.4, -0.2) is 49.6 Å². The third-order valence-electron chi connectivity index (χ3n) is 4.20. The number of anilines is 1. The predicted octanol–water partition coefficient (Wildman–Crippen LogP) is -0.114. The van der Waals surface area contributed by atoms with Crippen molar-refractivity contribution in [3.8, 4) is 12.3 Å². The normalized spacial score (nSPS) is 23.7. The Morgan fingerprint density at radius 3 is 2.79 bits per heavy atom. The van der Waals surface area contributed by atoms with Crippen LogP contribution in [0.2, 0.25) is 0 Å². The summed E-state index contributed by atoms with van der Waals surface area (Å²) in [6.07, 6.45) is -0.221. The van der Waals surface area contributed by atoms with E-state index in [1.165, 1.54) is 13.1 Å². The lowest BCUT2D eigenvalue weighted by Gasteiger charge is -2.19. The topological polar surface area (TPSA) is 141 Å². The summed E-state index contributed by atoms with van der Waals surface area (Å²) < 4.78 is 32.4. The number of nitrogen functional groups attached to an aromatic ring is 1. The van der Waals surface area contributed by atoms with Gasteiger partial charge >= 0.3 is 17.6 Å². The van der Waals surface area contributed by atoms with Crippen LogP contribution in [0.4, 0.5) is 10.3 Å². The van der Waals surface area contributed by atoms with Gasteiger partial charge in [0, 0.05) is 13.3 Å². The minimum atomic E-state index is -2.04. The van der Waals surface area contributed by atoms with Gasteiger partial charge in [0.1, 0.15) is 5.52 Å². The number of carbonyl (C=O) groups is 2. The summed E-state index contributed by atoms with van der Waals surface area (Å²) in [6, 6.07) is 0. The lowest BCUT2D eigenvalue weighted by Crippen LogP contribution is -2.37. The number of rotatable bonds is 5. The van der Waals surface area contributed by atoms with Gasteiger partial charge < -0.3 is 19.9 Å². The third-order valence-corrected chi connectivity index (χ3v) is 4.20. The summed E-state index contributed by atoms with van der Waals surface area (Å²) in [6.45, 7) is 2.46. The average Bonchev–Trinajstić information content (AvgIpc) is 3.10. The van der Waals surface area contributed by atoms with E-state index >= 15 is 0 Å². The third kappa shape index (κ3) is 3.64. The molecule has 4 atom stereocenters. The van der Waals surface area contributed by atoms with Crippen molar-refractivity contribution in [1.82, 2.24) is 19.1 Å². The maximum absolute atomic E-state index is 14.9. The fourth-order valence-corrected chi connectivity index (χ4v) is 2.97. The number of nitrogens with zero attached hydrogens (tertiary/aromatic N) is 4. The highest BCUT2D eigenvalue weighted by molar-refractivity contribution is 5.72. The molecule has 2 aromatic rings. The molecule has 0 saturated carbocycles. The number of carbonyl (C=O) groups excluding carboxylic acids is 2. The smallest absolute Gasteiger partial charge is 0.333 e. The molecule has 0 spiro atoms. The second kappa shape index (κ2) is 7.88. The van der Waals surface area contributed by atoms with Crippen LogP contribution in [0.1, 0.15) is 26.5 Å².